The van der Waals surface area contributed by atoms with E-state index >= 15 is 0 Å². The zero-order valence-corrected chi connectivity index (χ0v) is 19.2. The van der Waals surface area contributed by atoms with Crippen molar-refractivity contribution < 1.29 is 19.1 Å². The minimum absolute atomic E-state index is 0.173. The van der Waals surface area contributed by atoms with E-state index in [2.05, 4.69) is 28.6 Å². The molecule has 0 radical (unpaired) electrons. The summed E-state index contributed by atoms with van der Waals surface area (Å²) in [5.74, 6) is 0.631. The van der Waals surface area contributed by atoms with Crippen LogP contribution in [0.25, 0.3) is 6.08 Å². The first-order chi connectivity index (χ1) is 15.0. The second-order valence-corrected chi connectivity index (χ2v) is 8.25. The predicted octanol–water partition coefficient (Wildman–Crippen LogP) is 5.52. The van der Waals surface area contributed by atoms with Crippen molar-refractivity contribution in [2.45, 2.75) is 13.5 Å². The summed E-state index contributed by atoms with van der Waals surface area (Å²) in [6, 6.07) is 12.9. The second kappa shape index (κ2) is 10.3. The molecule has 0 spiro atoms. The van der Waals surface area contributed by atoms with E-state index < -0.39 is 0 Å². The topological polar surface area (TPSA) is 79.6 Å². The Bertz CT molecular complexity index is 1110. The molecule has 31 heavy (non-hydrogen) atoms. The van der Waals surface area contributed by atoms with Crippen molar-refractivity contribution in [3.8, 4) is 17.6 Å². The van der Waals surface area contributed by atoms with Gasteiger partial charge in [-0.3, -0.25) is 14.5 Å². The van der Waals surface area contributed by atoms with Crippen LogP contribution in [0.2, 0.25) is 0 Å². The molecule has 0 bridgehead atoms. The summed E-state index contributed by atoms with van der Waals surface area (Å²) in [7, 11) is 0. The summed E-state index contributed by atoms with van der Waals surface area (Å²) in [6.45, 7) is 6.22. The van der Waals surface area contributed by atoms with Gasteiger partial charge in [-0.1, -0.05) is 24.3 Å². The molecule has 8 heteroatoms. The third kappa shape index (κ3) is 5.19. The zero-order chi connectivity index (χ0) is 22.4. The van der Waals surface area contributed by atoms with Crippen LogP contribution in [0.15, 0.2) is 58.4 Å². The Morgan fingerprint density at radius 1 is 1.26 bits per heavy atom. The molecule has 0 aromatic heterocycles. The van der Waals surface area contributed by atoms with Crippen molar-refractivity contribution >= 4 is 44.9 Å². The minimum Gasteiger partial charge on any atom is -0.490 e. The number of amides is 2. The maximum Gasteiger partial charge on any atom is 0.293 e. The molecule has 2 aromatic rings. The quantitative estimate of drug-likeness (QED) is 0.352. The summed E-state index contributed by atoms with van der Waals surface area (Å²) >= 11 is 4.40. The van der Waals surface area contributed by atoms with Gasteiger partial charge in [-0.2, -0.15) is 5.26 Å². The monoisotopic (exact) mass is 498 g/mol. The predicted molar refractivity (Wildman–Crippen MR) is 124 cm³/mol. The van der Waals surface area contributed by atoms with E-state index in [0.717, 1.165) is 22.2 Å². The highest BCUT2D eigenvalue weighted by Gasteiger charge is 2.34. The highest BCUT2D eigenvalue weighted by Crippen LogP contribution is 2.39. The molecule has 1 fully saturated rings. The zero-order valence-electron chi connectivity index (χ0n) is 16.8. The maximum atomic E-state index is 12.5. The van der Waals surface area contributed by atoms with Crippen LogP contribution in [0.1, 0.15) is 23.6 Å². The molecule has 1 aliphatic heterocycles. The summed E-state index contributed by atoms with van der Waals surface area (Å²) in [5, 5.41) is 8.94. The first-order valence-electron chi connectivity index (χ1n) is 9.41. The largest absolute Gasteiger partial charge is 0.490 e. The van der Waals surface area contributed by atoms with Crippen molar-refractivity contribution in [3.05, 3.63) is 75.1 Å². The molecule has 0 atom stereocenters. The summed E-state index contributed by atoms with van der Waals surface area (Å²) < 4.78 is 12.3. The number of ether oxygens (including phenoxy) is 2. The van der Waals surface area contributed by atoms with Gasteiger partial charge in [-0.15, -0.1) is 6.58 Å². The van der Waals surface area contributed by atoms with Gasteiger partial charge in [-0.05, 0) is 64.5 Å². The molecule has 0 unspecified atom stereocenters. The molecule has 6 nitrogen and oxygen atoms in total. The van der Waals surface area contributed by atoms with Crippen LogP contribution in [-0.4, -0.2) is 29.2 Å². The fraction of sp³-hybridized carbons (Fsp3) is 0.174. The number of carbonyl (C=O) groups is 2. The molecule has 1 saturated heterocycles. The molecule has 0 saturated carbocycles. The van der Waals surface area contributed by atoms with E-state index in [4.69, 9.17) is 9.47 Å². The number of carbonyl (C=O) groups excluding carboxylic acids is 2. The molecule has 0 aliphatic carbocycles. The number of hydrogen-bond donors (Lipinski definition) is 0. The van der Waals surface area contributed by atoms with Crippen LogP contribution >= 0.6 is 27.7 Å². The molecule has 1 aliphatic rings. The first kappa shape index (κ1) is 22.7. The number of imide groups is 1. The van der Waals surface area contributed by atoms with Crippen molar-refractivity contribution in [2.24, 2.45) is 0 Å². The van der Waals surface area contributed by atoms with E-state index in [9.17, 15) is 14.9 Å². The average Bonchev–Trinajstić information content (AvgIpc) is 3.01. The van der Waals surface area contributed by atoms with Crippen molar-refractivity contribution in [1.29, 1.82) is 5.26 Å². The smallest absolute Gasteiger partial charge is 0.293 e. The van der Waals surface area contributed by atoms with E-state index in [0.29, 0.717) is 38.6 Å². The van der Waals surface area contributed by atoms with Crippen LogP contribution in [-0.2, 0) is 11.4 Å². The Labute approximate surface area is 193 Å². The molecular formula is C23H19BrN2O4S. The van der Waals surface area contributed by atoms with Crippen molar-refractivity contribution in [1.82, 2.24) is 4.90 Å². The lowest BCUT2D eigenvalue weighted by Gasteiger charge is -2.15. The van der Waals surface area contributed by atoms with Gasteiger partial charge in [0.2, 0.25) is 0 Å². The fourth-order valence-electron chi connectivity index (χ4n) is 2.92. The van der Waals surface area contributed by atoms with E-state index in [1.807, 2.05) is 19.1 Å². The van der Waals surface area contributed by atoms with Crippen LogP contribution in [0.4, 0.5) is 4.79 Å². The van der Waals surface area contributed by atoms with Gasteiger partial charge in [0, 0.05) is 12.1 Å². The van der Waals surface area contributed by atoms with Crippen molar-refractivity contribution in [2.75, 3.05) is 13.2 Å². The Morgan fingerprint density at radius 3 is 2.74 bits per heavy atom. The first-order valence-corrected chi connectivity index (χ1v) is 11.0. The number of hydrogen-bond acceptors (Lipinski definition) is 6. The summed E-state index contributed by atoms with van der Waals surface area (Å²) in [5.41, 5.74) is 1.99. The number of benzene rings is 2. The number of thioether (sulfide) groups is 1. The van der Waals surface area contributed by atoms with E-state index in [-0.39, 0.29) is 24.3 Å². The van der Waals surface area contributed by atoms with Gasteiger partial charge < -0.3 is 9.47 Å². The molecule has 0 N–H and O–H groups in total. The Hall–Kier alpha value is -3.02. The lowest BCUT2D eigenvalue weighted by Crippen LogP contribution is -2.27. The highest BCUT2D eigenvalue weighted by molar-refractivity contribution is 9.10. The van der Waals surface area contributed by atoms with Gasteiger partial charge in [0.05, 0.1) is 27.6 Å². The molecule has 1 heterocycles. The average molecular weight is 499 g/mol. The fourth-order valence-corrected chi connectivity index (χ4v) is 4.34. The maximum absolute atomic E-state index is 12.5. The van der Waals surface area contributed by atoms with Crippen LogP contribution in [0.3, 0.4) is 0 Å². The second-order valence-electron chi connectivity index (χ2n) is 6.40. The third-order valence-corrected chi connectivity index (χ3v) is 5.82. The lowest BCUT2D eigenvalue weighted by molar-refractivity contribution is -0.122. The van der Waals surface area contributed by atoms with E-state index in [1.165, 1.54) is 6.08 Å². The van der Waals surface area contributed by atoms with Gasteiger partial charge in [0.15, 0.2) is 11.5 Å². The third-order valence-electron chi connectivity index (χ3n) is 4.32. The molecule has 2 aromatic carbocycles. The number of nitriles is 1. The standard InChI is InChI=1S/C23H19BrN2O4S/c1-3-9-26-22(27)20(31-23(26)28)12-15-10-18(24)21(19(11-15)29-4-2)30-14-17-8-6-5-7-16(17)13-25/h3,5-8,10-12H,1,4,9,14H2,2H3/b20-12+. The van der Waals surface area contributed by atoms with Crippen LogP contribution in [0.5, 0.6) is 11.5 Å². The summed E-state index contributed by atoms with van der Waals surface area (Å²) in [6.07, 6.45) is 3.16. The normalized spacial score (nSPS) is 14.6. The van der Waals surface area contributed by atoms with Gasteiger partial charge in [-0.25, -0.2) is 0 Å². The molecule has 3 rings (SSSR count). The number of rotatable bonds is 8. The SMILES string of the molecule is C=CCN1C(=O)S/C(=C/c2cc(Br)c(OCc3ccccc3C#N)c(OCC)c2)C1=O. The van der Waals surface area contributed by atoms with Crippen molar-refractivity contribution in [3.63, 3.8) is 0 Å². The van der Waals surface area contributed by atoms with E-state index in [1.54, 1.807) is 30.3 Å². The summed E-state index contributed by atoms with van der Waals surface area (Å²) in [4.78, 5) is 26.0. The number of halogens is 1. The minimum atomic E-state index is -0.350. The van der Waals surface area contributed by atoms with Crippen LogP contribution in [0, 0.1) is 11.3 Å². The van der Waals surface area contributed by atoms with Gasteiger partial charge >= 0.3 is 0 Å². The van der Waals surface area contributed by atoms with Gasteiger partial charge in [0.1, 0.15) is 6.61 Å². The molecular weight excluding hydrogens is 480 g/mol. The van der Waals surface area contributed by atoms with Crippen LogP contribution < -0.4 is 9.47 Å². The molecule has 2 amide bonds. The molecule has 158 valence electrons. The highest BCUT2D eigenvalue weighted by atomic mass is 79.9. The van der Waals surface area contributed by atoms with Gasteiger partial charge in [0.25, 0.3) is 11.1 Å². The lowest BCUT2D eigenvalue weighted by atomic mass is 10.1. The number of nitrogens with zero attached hydrogens (tertiary/aromatic N) is 2. The Balaban J connectivity index is 1.89. The Kier molecular flexibility index (Phi) is 7.55. The Morgan fingerprint density at radius 2 is 2.03 bits per heavy atom.